The Morgan fingerprint density at radius 2 is 1.29 bits per heavy atom. The maximum Gasteiger partial charge on any atom is -0.00363 e. The van der Waals surface area contributed by atoms with Crippen LogP contribution in [0.5, 0.6) is 0 Å². The van der Waals surface area contributed by atoms with Gasteiger partial charge in [0, 0.05) is 0 Å². The van der Waals surface area contributed by atoms with Gasteiger partial charge >= 0.3 is 0 Å². The SMILES string of the molecule is CCSCC1CCCCC1CSCC. The van der Waals surface area contributed by atoms with E-state index in [4.69, 9.17) is 0 Å². The molecule has 1 fully saturated rings. The van der Waals surface area contributed by atoms with Crippen molar-refractivity contribution in [2.75, 3.05) is 23.0 Å². The first-order valence-electron chi connectivity index (χ1n) is 6.04. The third-order valence-electron chi connectivity index (χ3n) is 3.14. The van der Waals surface area contributed by atoms with E-state index in [2.05, 4.69) is 37.4 Å². The van der Waals surface area contributed by atoms with Gasteiger partial charge in [0.1, 0.15) is 0 Å². The van der Waals surface area contributed by atoms with Crippen molar-refractivity contribution >= 4 is 23.5 Å². The van der Waals surface area contributed by atoms with E-state index in [0.29, 0.717) is 0 Å². The molecule has 84 valence electrons. The molecule has 0 spiro atoms. The molecule has 0 saturated heterocycles. The van der Waals surface area contributed by atoms with Crippen molar-refractivity contribution in [3.63, 3.8) is 0 Å². The Balaban J connectivity index is 2.26. The predicted octanol–water partition coefficient (Wildman–Crippen LogP) is 4.30. The molecule has 2 atom stereocenters. The van der Waals surface area contributed by atoms with Gasteiger partial charge in [-0.15, -0.1) is 0 Å². The highest BCUT2D eigenvalue weighted by molar-refractivity contribution is 7.99. The van der Waals surface area contributed by atoms with Crippen LogP contribution in [0.25, 0.3) is 0 Å². The second-order valence-electron chi connectivity index (χ2n) is 4.12. The minimum atomic E-state index is 1.03. The Labute approximate surface area is 98.0 Å². The first-order chi connectivity index (χ1) is 6.88. The summed E-state index contributed by atoms with van der Waals surface area (Å²) < 4.78 is 0. The van der Waals surface area contributed by atoms with Gasteiger partial charge in [-0.05, 0) is 47.7 Å². The maximum absolute atomic E-state index is 2.28. The lowest BCUT2D eigenvalue weighted by molar-refractivity contribution is 0.287. The summed E-state index contributed by atoms with van der Waals surface area (Å²) in [6.07, 6.45) is 5.98. The Hall–Kier alpha value is 0.700. The molecule has 0 bridgehead atoms. The molecule has 0 amide bonds. The van der Waals surface area contributed by atoms with Crippen LogP contribution in [0.3, 0.4) is 0 Å². The van der Waals surface area contributed by atoms with Gasteiger partial charge in [0.25, 0.3) is 0 Å². The van der Waals surface area contributed by atoms with Gasteiger partial charge in [-0.3, -0.25) is 0 Å². The van der Waals surface area contributed by atoms with Crippen LogP contribution in [-0.4, -0.2) is 23.0 Å². The van der Waals surface area contributed by atoms with E-state index in [9.17, 15) is 0 Å². The second-order valence-corrected chi connectivity index (χ2v) is 6.76. The summed E-state index contributed by atoms with van der Waals surface area (Å²) in [6, 6.07) is 0. The fourth-order valence-corrected chi connectivity index (χ4v) is 4.22. The number of hydrogen-bond donors (Lipinski definition) is 0. The van der Waals surface area contributed by atoms with Crippen LogP contribution in [-0.2, 0) is 0 Å². The zero-order valence-corrected chi connectivity index (χ0v) is 11.3. The topological polar surface area (TPSA) is 0 Å². The van der Waals surface area contributed by atoms with Crippen molar-refractivity contribution in [2.45, 2.75) is 39.5 Å². The monoisotopic (exact) mass is 232 g/mol. The maximum atomic E-state index is 2.28. The Kier molecular flexibility index (Phi) is 7.23. The van der Waals surface area contributed by atoms with Gasteiger partial charge in [-0.25, -0.2) is 0 Å². The van der Waals surface area contributed by atoms with E-state index in [-0.39, 0.29) is 0 Å². The molecule has 1 aliphatic rings. The molecule has 0 N–H and O–H groups in total. The molecule has 1 rings (SSSR count). The average molecular weight is 232 g/mol. The van der Waals surface area contributed by atoms with E-state index in [1.165, 1.54) is 48.7 Å². The number of rotatable bonds is 6. The first-order valence-corrected chi connectivity index (χ1v) is 8.34. The molecule has 2 unspecified atom stereocenters. The van der Waals surface area contributed by atoms with Crippen molar-refractivity contribution in [1.29, 1.82) is 0 Å². The quantitative estimate of drug-likeness (QED) is 0.670. The molecule has 1 saturated carbocycles. The lowest BCUT2D eigenvalue weighted by Gasteiger charge is -2.31. The molecule has 0 nitrogen and oxygen atoms in total. The molecule has 14 heavy (non-hydrogen) atoms. The largest absolute Gasteiger partial charge is 0.162 e. The van der Waals surface area contributed by atoms with Gasteiger partial charge < -0.3 is 0 Å². The minimum absolute atomic E-state index is 1.03. The van der Waals surface area contributed by atoms with Crippen LogP contribution in [0.1, 0.15) is 39.5 Å². The molecule has 2 heteroatoms. The van der Waals surface area contributed by atoms with E-state index in [1.54, 1.807) is 0 Å². The summed E-state index contributed by atoms with van der Waals surface area (Å²) in [5.74, 6) is 7.51. The smallest absolute Gasteiger partial charge is 0.00363 e. The van der Waals surface area contributed by atoms with Gasteiger partial charge in [-0.2, -0.15) is 23.5 Å². The number of hydrogen-bond acceptors (Lipinski definition) is 2. The molecule has 0 aromatic rings. The summed E-state index contributed by atoms with van der Waals surface area (Å²) >= 11 is 4.29. The van der Waals surface area contributed by atoms with Crippen LogP contribution in [0.4, 0.5) is 0 Å². The zero-order valence-electron chi connectivity index (χ0n) is 9.63. The second kappa shape index (κ2) is 7.92. The minimum Gasteiger partial charge on any atom is -0.162 e. The van der Waals surface area contributed by atoms with E-state index < -0.39 is 0 Å². The van der Waals surface area contributed by atoms with Gasteiger partial charge in [0.2, 0.25) is 0 Å². The highest BCUT2D eigenvalue weighted by atomic mass is 32.2. The van der Waals surface area contributed by atoms with Crippen molar-refractivity contribution in [3.8, 4) is 0 Å². The van der Waals surface area contributed by atoms with Crippen molar-refractivity contribution in [3.05, 3.63) is 0 Å². The van der Waals surface area contributed by atoms with Crippen LogP contribution in [0, 0.1) is 11.8 Å². The third kappa shape index (κ3) is 4.48. The number of thioether (sulfide) groups is 2. The molecule has 0 aromatic heterocycles. The van der Waals surface area contributed by atoms with Crippen molar-refractivity contribution in [1.82, 2.24) is 0 Å². The summed E-state index contributed by atoms with van der Waals surface area (Å²) in [5, 5.41) is 0. The fourth-order valence-electron chi connectivity index (χ4n) is 2.26. The van der Waals surface area contributed by atoms with E-state index >= 15 is 0 Å². The highest BCUT2D eigenvalue weighted by Crippen LogP contribution is 2.34. The van der Waals surface area contributed by atoms with Crippen molar-refractivity contribution in [2.24, 2.45) is 11.8 Å². The average Bonchev–Trinajstić information content (AvgIpc) is 2.24. The van der Waals surface area contributed by atoms with Crippen LogP contribution >= 0.6 is 23.5 Å². The molecule has 0 radical (unpaired) electrons. The third-order valence-corrected chi connectivity index (χ3v) is 5.28. The van der Waals surface area contributed by atoms with Crippen LogP contribution in [0.2, 0.25) is 0 Å². The lowest BCUT2D eigenvalue weighted by Crippen LogP contribution is -2.23. The van der Waals surface area contributed by atoms with Crippen LogP contribution in [0.15, 0.2) is 0 Å². The molecule has 1 aliphatic carbocycles. The van der Waals surface area contributed by atoms with E-state index in [0.717, 1.165) is 11.8 Å². The molecule has 0 aromatic carbocycles. The fraction of sp³-hybridized carbons (Fsp3) is 1.00. The molecule has 0 heterocycles. The molecular formula is C12H24S2. The molecular weight excluding hydrogens is 208 g/mol. The first kappa shape index (κ1) is 12.8. The Morgan fingerprint density at radius 1 is 0.857 bits per heavy atom. The molecule has 0 aliphatic heterocycles. The standard InChI is InChI=1S/C12H24S2/c1-3-13-9-11-7-5-6-8-12(11)10-14-4-2/h11-12H,3-10H2,1-2H3. The van der Waals surface area contributed by atoms with E-state index in [1.807, 2.05) is 0 Å². The van der Waals surface area contributed by atoms with Gasteiger partial charge in [0.05, 0.1) is 0 Å². The van der Waals surface area contributed by atoms with Crippen LogP contribution < -0.4 is 0 Å². The Bertz CT molecular complexity index is 120. The van der Waals surface area contributed by atoms with Gasteiger partial charge in [-0.1, -0.05) is 26.7 Å². The highest BCUT2D eigenvalue weighted by Gasteiger charge is 2.24. The summed E-state index contributed by atoms with van der Waals surface area (Å²) in [6.45, 7) is 4.56. The summed E-state index contributed by atoms with van der Waals surface area (Å²) in [4.78, 5) is 0. The lowest BCUT2D eigenvalue weighted by atomic mass is 9.81. The summed E-state index contributed by atoms with van der Waals surface area (Å²) in [7, 11) is 0. The Morgan fingerprint density at radius 3 is 1.64 bits per heavy atom. The normalized spacial score (nSPS) is 27.9. The van der Waals surface area contributed by atoms with Crippen molar-refractivity contribution < 1.29 is 0 Å². The van der Waals surface area contributed by atoms with Gasteiger partial charge in [0.15, 0.2) is 0 Å². The summed E-state index contributed by atoms with van der Waals surface area (Å²) in [5.41, 5.74) is 0. The zero-order chi connectivity index (χ0) is 10.2. The predicted molar refractivity (Wildman–Crippen MR) is 71.4 cm³/mol.